The molecule has 0 bridgehead atoms. The number of methoxy groups -OCH3 is 1. The lowest BCUT2D eigenvalue weighted by Crippen LogP contribution is -2.34. The Morgan fingerprint density at radius 3 is 2.68 bits per heavy atom. The van der Waals surface area contributed by atoms with Crippen LogP contribution >= 0.6 is 17.0 Å². The summed E-state index contributed by atoms with van der Waals surface area (Å²) in [5.74, 6) is 1.42. The molecule has 0 aromatic heterocycles. The summed E-state index contributed by atoms with van der Waals surface area (Å²) < 4.78 is 5.41. The molecule has 2 atom stereocenters. The Morgan fingerprint density at radius 1 is 1.05 bits per heavy atom. The second-order valence-electron chi connectivity index (χ2n) is 6.11. The predicted molar refractivity (Wildman–Crippen MR) is 95.1 cm³/mol. The third kappa shape index (κ3) is 2.57. The maximum atomic E-state index is 5.41. The minimum atomic E-state index is 0. The quantitative estimate of drug-likeness (QED) is 0.779. The summed E-state index contributed by atoms with van der Waals surface area (Å²) in [6, 6.07) is 18.2. The first-order chi connectivity index (χ1) is 10.4. The summed E-state index contributed by atoms with van der Waals surface area (Å²) in [5, 5.41) is 0. The lowest BCUT2D eigenvalue weighted by Gasteiger charge is -2.37. The van der Waals surface area contributed by atoms with Crippen molar-refractivity contribution < 1.29 is 4.74 Å². The number of fused-ring (bicyclic) bond motifs is 3. The minimum Gasteiger partial charge on any atom is -0.497 e. The number of benzene rings is 2. The van der Waals surface area contributed by atoms with Gasteiger partial charge in [-0.3, -0.25) is 4.90 Å². The van der Waals surface area contributed by atoms with E-state index in [1.807, 2.05) is 6.07 Å². The van der Waals surface area contributed by atoms with Gasteiger partial charge in [0.15, 0.2) is 0 Å². The Bertz CT molecular complexity index is 657. The maximum Gasteiger partial charge on any atom is 0.119 e. The van der Waals surface area contributed by atoms with Crippen LogP contribution in [0.25, 0.3) is 0 Å². The first-order valence-electron chi connectivity index (χ1n) is 7.83. The Hall–Kier alpha value is -1.32. The number of rotatable bonds is 2. The van der Waals surface area contributed by atoms with E-state index < -0.39 is 0 Å². The zero-order chi connectivity index (χ0) is 14.2. The van der Waals surface area contributed by atoms with Gasteiger partial charge in [-0.1, -0.05) is 36.4 Å². The molecule has 116 valence electrons. The first-order valence-corrected chi connectivity index (χ1v) is 7.83. The number of ether oxygens (including phenoxy) is 1. The molecule has 0 radical (unpaired) electrons. The van der Waals surface area contributed by atoms with Gasteiger partial charge in [-0.2, -0.15) is 0 Å². The summed E-state index contributed by atoms with van der Waals surface area (Å²) in [6.07, 6.45) is 2.63. The van der Waals surface area contributed by atoms with Gasteiger partial charge in [0.05, 0.1) is 7.11 Å². The molecular formula is C19H22BrNO. The third-order valence-electron chi connectivity index (χ3n) is 5.01. The van der Waals surface area contributed by atoms with E-state index in [4.69, 9.17) is 4.74 Å². The molecule has 3 heteroatoms. The highest BCUT2D eigenvalue weighted by molar-refractivity contribution is 8.93. The second-order valence-corrected chi connectivity index (χ2v) is 6.11. The molecule has 0 unspecified atom stereocenters. The van der Waals surface area contributed by atoms with E-state index in [2.05, 4.69) is 47.4 Å². The van der Waals surface area contributed by atoms with E-state index in [9.17, 15) is 0 Å². The zero-order valence-electron chi connectivity index (χ0n) is 12.9. The lowest BCUT2D eigenvalue weighted by atomic mass is 9.81. The standard InChI is InChI=1S/C19H21NO.BrH/c1-21-15-7-4-6-14(12-15)18-13-20-11-5-10-19(20)17-9-3-2-8-16(17)18;/h2-4,6-9,12,18-19H,5,10-11,13H2,1H3;1H/t18-,19-;/m0./s1. The van der Waals surface area contributed by atoms with Crippen LogP contribution in [0.2, 0.25) is 0 Å². The molecule has 0 aliphatic carbocycles. The topological polar surface area (TPSA) is 12.5 Å². The monoisotopic (exact) mass is 359 g/mol. The van der Waals surface area contributed by atoms with E-state index in [1.54, 1.807) is 7.11 Å². The van der Waals surface area contributed by atoms with Crippen molar-refractivity contribution in [2.75, 3.05) is 20.2 Å². The summed E-state index contributed by atoms with van der Waals surface area (Å²) in [7, 11) is 1.74. The predicted octanol–water partition coefficient (Wildman–Crippen LogP) is 4.56. The van der Waals surface area contributed by atoms with Crippen molar-refractivity contribution in [3.05, 3.63) is 65.2 Å². The molecular weight excluding hydrogens is 338 g/mol. The van der Waals surface area contributed by atoms with Gasteiger partial charge >= 0.3 is 0 Å². The Kier molecular flexibility index (Phi) is 4.55. The van der Waals surface area contributed by atoms with E-state index in [1.165, 1.54) is 36.1 Å². The van der Waals surface area contributed by atoms with Crippen molar-refractivity contribution >= 4 is 17.0 Å². The molecule has 2 heterocycles. The Labute approximate surface area is 142 Å². The van der Waals surface area contributed by atoms with Crippen LogP contribution < -0.4 is 4.74 Å². The van der Waals surface area contributed by atoms with Crippen LogP contribution in [0.4, 0.5) is 0 Å². The smallest absolute Gasteiger partial charge is 0.119 e. The maximum absolute atomic E-state index is 5.41. The molecule has 2 nitrogen and oxygen atoms in total. The van der Waals surface area contributed by atoms with Crippen molar-refractivity contribution in [2.45, 2.75) is 24.8 Å². The fourth-order valence-corrected chi connectivity index (χ4v) is 4.00. The largest absolute Gasteiger partial charge is 0.497 e. The van der Waals surface area contributed by atoms with Crippen molar-refractivity contribution in [1.29, 1.82) is 0 Å². The molecule has 2 aliphatic heterocycles. The van der Waals surface area contributed by atoms with Crippen molar-refractivity contribution in [2.24, 2.45) is 0 Å². The summed E-state index contributed by atoms with van der Waals surface area (Å²) in [4.78, 5) is 2.66. The molecule has 0 saturated carbocycles. The van der Waals surface area contributed by atoms with Gasteiger partial charge in [0.2, 0.25) is 0 Å². The van der Waals surface area contributed by atoms with Crippen LogP contribution in [0.1, 0.15) is 41.5 Å². The zero-order valence-corrected chi connectivity index (χ0v) is 14.6. The minimum absolute atomic E-state index is 0. The van der Waals surface area contributed by atoms with Crippen molar-refractivity contribution in [3.63, 3.8) is 0 Å². The van der Waals surface area contributed by atoms with Gasteiger partial charge in [-0.05, 0) is 48.2 Å². The van der Waals surface area contributed by atoms with Gasteiger partial charge in [0.25, 0.3) is 0 Å². The average molecular weight is 360 g/mol. The highest BCUT2D eigenvalue weighted by Crippen LogP contribution is 2.44. The van der Waals surface area contributed by atoms with Gasteiger partial charge < -0.3 is 4.74 Å². The average Bonchev–Trinajstić information content (AvgIpc) is 3.03. The summed E-state index contributed by atoms with van der Waals surface area (Å²) in [6.45, 7) is 2.37. The first kappa shape index (κ1) is 15.6. The van der Waals surface area contributed by atoms with Crippen LogP contribution in [0.15, 0.2) is 48.5 Å². The molecule has 2 aliphatic rings. The van der Waals surface area contributed by atoms with Crippen LogP contribution in [-0.4, -0.2) is 25.1 Å². The van der Waals surface area contributed by atoms with Crippen LogP contribution in [0.5, 0.6) is 5.75 Å². The van der Waals surface area contributed by atoms with Crippen LogP contribution in [0.3, 0.4) is 0 Å². The molecule has 0 N–H and O–H groups in total. The van der Waals surface area contributed by atoms with Gasteiger partial charge in [0, 0.05) is 18.5 Å². The molecule has 4 rings (SSSR count). The van der Waals surface area contributed by atoms with Crippen molar-refractivity contribution in [1.82, 2.24) is 4.90 Å². The number of hydrogen-bond donors (Lipinski definition) is 0. The third-order valence-corrected chi connectivity index (χ3v) is 5.01. The number of halogens is 1. The Morgan fingerprint density at radius 2 is 1.86 bits per heavy atom. The highest BCUT2D eigenvalue weighted by atomic mass is 79.9. The van der Waals surface area contributed by atoms with E-state index >= 15 is 0 Å². The summed E-state index contributed by atoms with van der Waals surface area (Å²) in [5.41, 5.74) is 4.41. The van der Waals surface area contributed by atoms with E-state index in [0.29, 0.717) is 12.0 Å². The molecule has 1 saturated heterocycles. The Balaban J connectivity index is 0.00000144. The summed E-state index contributed by atoms with van der Waals surface area (Å²) >= 11 is 0. The molecule has 2 aromatic rings. The molecule has 0 amide bonds. The molecule has 0 spiro atoms. The van der Waals surface area contributed by atoms with Gasteiger partial charge in [-0.25, -0.2) is 0 Å². The van der Waals surface area contributed by atoms with Crippen molar-refractivity contribution in [3.8, 4) is 5.75 Å². The fourth-order valence-electron chi connectivity index (χ4n) is 4.00. The number of nitrogens with zero attached hydrogens (tertiary/aromatic N) is 1. The highest BCUT2D eigenvalue weighted by Gasteiger charge is 2.36. The molecule has 22 heavy (non-hydrogen) atoms. The second kappa shape index (κ2) is 6.43. The molecule has 1 fully saturated rings. The van der Waals surface area contributed by atoms with E-state index in [-0.39, 0.29) is 17.0 Å². The van der Waals surface area contributed by atoms with Crippen LogP contribution in [-0.2, 0) is 0 Å². The molecule has 2 aromatic carbocycles. The number of hydrogen-bond acceptors (Lipinski definition) is 2. The normalized spacial score (nSPS) is 23.3. The lowest BCUT2D eigenvalue weighted by molar-refractivity contribution is 0.230. The van der Waals surface area contributed by atoms with Gasteiger partial charge in [-0.15, -0.1) is 17.0 Å². The van der Waals surface area contributed by atoms with Crippen LogP contribution in [0, 0.1) is 0 Å². The SMILES string of the molecule is Br.COc1cccc([C@@H]2CN3CCC[C@H]3c3ccccc32)c1. The van der Waals surface area contributed by atoms with E-state index in [0.717, 1.165) is 12.3 Å². The fraction of sp³-hybridized carbons (Fsp3) is 0.368. The van der Waals surface area contributed by atoms with Gasteiger partial charge in [0.1, 0.15) is 5.75 Å².